The van der Waals surface area contributed by atoms with Gasteiger partial charge in [-0.2, -0.15) is 0 Å². The van der Waals surface area contributed by atoms with Gasteiger partial charge in [0, 0.05) is 13.0 Å². The summed E-state index contributed by atoms with van der Waals surface area (Å²) in [4.78, 5) is 4.92. The van der Waals surface area contributed by atoms with Crippen LogP contribution in [-0.2, 0) is 13.0 Å². The normalized spacial score (nSPS) is 11.0. The molecule has 166 valence electrons. The molecule has 0 saturated carbocycles. The van der Waals surface area contributed by atoms with Crippen molar-refractivity contribution in [1.29, 1.82) is 0 Å². The van der Waals surface area contributed by atoms with Crippen LogP contribution in [0.1, 0.15) is 29.8 Å². The van der Waals surface area contributed by atoms with Crippen LogP contribution in [0.15, 0.2) is 66.7 Å². The summed E-state index contributed by atoms with van der Waals surface area (Å²) in [5.74, 6) is 3.45. The standard InChI is InChI=1S/C27H30N2O3/c1-20-10-13-22(14-11-20)32-17-7-6-16-29-24-9-5-4-8-23(24)28-27(29)19-21-12-15-25(30-2)26(18-21)31-3/h4-5,8-15,18H,6-7,16-17,19H2,1-3H3. The Morgan fingerprint density at radius 1 is 0.844 bits per heavy atom. The van der Waals surface area contributed by atoms with Gasteiger partial charge in [0.25, 0.3) is 0 Å². The summed E-state index contributed by atoms with van der Waals surface area (Å²) in [6, 6.07) is 22.6. The maximum absolute atomic E-state index is 5.89. The first-order valence-corrected chi connectivity index (χ1v) is 11.0. The Labute approximate surface area is 189 Å². The molecule has 5 nitrogen and oxygen atoms in total. The van der Waals surface area contributed by atoms with Gasteiger partial charge in [-0.05, 0) is 61.7 Å². The molecule has 5 heteroatoms. The molecule has 4 rings (SSSR count). The van der Waals surface area contributed by atoms with E-state index >= 15 is 0 Å². The number of unbranched alkanes of at least 4 members (excludes halogenated alkanes) is 1. The highest BCUT2D eigenvalue weighted by Crippen LogP contribution is 2.29. The molecular formula is C27H30N2O3. The van der Waals surface area contributed by atoms with Crippen LogP contribution < -0.4 is 14.2 Å². The Bertz CT molecular complexity index is 1170. The summed E-state index contributed by atoms with van der Waals surface area (Å²) in [6.45, 7) is 3.69. The second-order valence-electron chi connectivity index (χ2n) is 7.90. The van der Waals surface area contributed by atoms with E-state index in [1.54, 1.807) is 14.2 Å². The number of rotatable bonds is 10. The van der Waals surface area contributed by atoms with Crippen LogP contribution in [0.3, 0.4) is 0 Å². The van der Waals surface area contributed by atoms with Crippen LogP contribution in [0, 0.1) is 6.92 Å². The molecule has 0 unspecified atom stereocenters. The average molecular weight is 431 g/mol. The topological polar surface area (TPSA) is 45.5 Å². The maximum atomic E-state index is 5.89. The van der Waals surface area contributed by atoms with E-state index in [4.69, 9.17) is 19.2 Å². The number of para-hydroxylation sites is 2. The van der Waals surface area contributed by atoms with E-state index in [-0.39, 0.29) is 0 Å². The van der Waals surface area contributed by atoms with Crippen LogP contribution in [-0.4, -0.2) is 30.4 Å². The quantitative estimate of drug-likeness (QED) is 0.298. The maximum Gasteiger partial charge on any atom is 0.161 e. The van der Waals surface area contributed by atoms with Gasteiger partial charge < -0.3 is 18.8 Å². The Balaban J connectivity index is 1.45. The van der Waals surface area contributed by atoms with Gasteiger partial charge in [0.05, 0.1) is 31.9 Å². The molecule has 0 fully saturated rings. The van der Waals surface area contributed by atoms with Crippen molar-refractivity contribution >= 4 is 11.0 Å². The van der Waals surface area contributed by atoms with Gasteiger partial charge in [0.1, 0.15) is 11.6 Å². The molecule has 0 amide bonds. The number of aromatic nitrogens is 2. The van der Waals surface area contributed by atoms with Crippen molar-refractivity contribution < 1.29 is 14.2 Å². The zero-order valence-corrected chi connectivity index (χ0v) is 19.0. The smallest absolute Gasteiger partial charge is 0.161 e. The minimum atomic E-state index is 0.709. The number of hydrogen-bond donors (Lipinski definition) is 0. The number of aryl methyl sites for hydroxylation is 2. The van der Waals surface area contributed by atoms with Crippen molar-refractivity contribution in [3.8, 4) is 17.2 Å². The van der Waals surface area contributed by atoms with E-state index in [9.17, 15) is 0 Å². The molecule has 0 bridgehead atoms. The van der Waals surface area contributed by atoms with Gasteiger partial charge in [-0.3, -0.25) is 0 Å². The monoisotopic (exact) mass is 430 g/mol. The minimum Gasteiger partial charge on any atom is -0.494 e. The van der Waals surface area contributed by atoms with Crippen LogP contribution in [0.4, 0.5) is 0 Å². The minimum absolute atomic E-state index is 0.709. The lowest BCUT2D eigenvalue weighted by molar-refractivity contribution is 0.303. The summed E-state index contributed by atoms with van der Waals surface area (Å²) < 4.78 is 19.1. The molecule has 0 aliphatic rings. The molecule has 4 aromatic rings. The van der Waals surface area contributed by atoms with E-state index in [0.29, 0.717) is 6.61 Å². The molecule has 0 saturated heterocycles. The highest BCUT2D eigenvalue weighted by atomic mass is 16.5. The zero-order chi connectivity index (χ0) is 22.3. The van der Waals surface area contributed by atoms with Crippen molar-refractivity contribution in [2.24, 2.45) is 0 Å². The van der Waals surface area contributed by atoms with E-state index in [2.05, 4.69) is 47.9 Å². The summed E-state index contributed by atoms with van der Waals surface area (Å²) in [6.07, 6.45) is 2.73. The highest BCUT2D eigenvalue weighted by molar-refractivity contribution is 5.76. The lowest BCUT2D eigenvalue weighted by Gasteiger charge is -2.12. The number of nitrogens with zero attached hydrogens (tertiary/aromatic N) is 2. The van der Waals surface area contributed by atoms with Gasteiger partial charge in [-0.25, -0.2) is 4.98 Å². The molecule has 0 aliphatic carbocycles. The zero-order valence-electron chi connectivity index (χ0n) is 19.0. The van der Waals surface area contributed by atoms with Crippen molar-refractivity contribution in [1.82, 2.24) is 9.55 Å². The van der Waals surface area contributed by atoms with Crippen molar-refractivity contribution in [3.63, 3.8) is 0 Å². The predicted molar refractivity (Wildman–Crippen MR) is 128 cm³/mol. The molecule has 0 radical (unpaired) electrons. The fraction of sp³-hybridized carbons (Fsp3) is 0.296. The first-order chi connectivity index (χ1) is 15.7. The Hall–Kier alpha value is -3.47. The SMILES string of the molecule is COc1ccc(Cc2nc3ccccc3n2CCCCOc2ccc(C)cc2)cc1OC. The van der Waals surface area contributed by atoms with E-state index in [1.165, 1.54) is 11.1 Å². The third-order valence-electron chi connectivity index (χ3n) is 5.61. The number of hydrogen-bond acceptors (Lipinski definition) is 4. The fourth-order valence-electron chi connectivity index (χ4n) is 3.88. The molecule has 32 heavy (non-hydrogen) atoms. The number of imidazole rings is 1. The summed E-state index contributed by atoms with van der Waals surface area (Å²) in [5, 5.41) is 0. The molecule has 3 aromatic carbocycles. The Morgan fingerprint density at radius 2 is 1.62 bits per heavy atom. The number of fused-ring (bicyclic) bond motifs is 1. The second-order valence-corrected chi connectivity index (χ2v) is 7.90. The van der Waals surface area contributed by atoms with E-state index in [1.807, 2.05) is 30.3 Å². The van der Waals surface area contributed by atoms with Crippen LogP contribution in [0.5, 0.6) is 17.2 Å². The van der Waals surface area contributed by atoms with Crippen LogP contribution in [0.25, 0.3) is 11.0 Å². The third kappa shape index (κ3) is 5.05. The summed E-state index contributed by atoms with van der Waals surface area (Å²) >= 11 is 0. The summed E-state index contributed by atoms with van der Waals surface area (Å²) in [5.41, 5.74) is 4.58. The molecule has 1 heterocycles. The van der Waals surface area contributed by atoms with E-state index < -0.39 is 0 Å². The van der Waals surface area contributed by atoms with Gasteiger partial charge in [-0.1, -0.05) is 35.9 Å². The molecule has 1 aromatic heterocycles. The molecule has 0 aliphatic heterocycles. The molecular weight excluding hydrogens is 400 g/mol. The molecule has 0 atom stereocenters. The third-order valence-corrected chi connectivity index (χ3v) is 5.61. The number of methoxy groups -OCH3 is 2. The van der Waals surface area contributed by atoms with Crippen LogP contribution in [0.2, 0.25) is 0 Å². The van der Waals surface area contributed by atoms with Crippen molar-refractivity contribution in [3.05, 3.63) is 83.7 Å². The first-order valence-electron chi connectivity index (χ1n) is 11.0. The van der Waals surface area contributed by atoms with Crippen LogP contribution >= 0.6 is 0 Å². The van der Waals surface area contributed by atoms with Gasteiger partial charge in [-0.15, -0.1) is 0 Å². The second kappa shape index (κ2) is 10.2. The largest absolute Gasteiger partial charge is 0.494 e. The Morgan fingerprint density at radius 3 is 2.41 bits per heavy atom. The van der Waals surface area contributed by atoms with Crippen molar-refractivity contribution in [2.45, 2.75) is 32.7 Å². The lowest BCUT2D eigenvalue weighted by Crippen LogP contribution is -2.07. The Kier molecular flexibility index (Phi) is 6.95. The number of ether oxygens (including phenoxy) is 3. The molecule has 0 spiro atoms. The fourth-order valence-corrected chi connectivity index (χ4v) is 3.88. The van der Waals surface area contributed by atoms with Gasteiger partial charge >= 0.3 is 0 Å². The predicted octanol–water partition coefficient (Wildman–Crippen LogP) is 5.81. The highest BCUT2D eigenvalue weighted by Gasteiger charge is 2.13. The van der Waals surface area contributed by atoms with E-state index in [0.717, 1.165) is 60.0 Å². The first kappa shape index (κ1) is 21.8. The van der Waals surface area contributed by atoms with Crippen molar-refractivity contribution in [2.75, 3.05) is 20.8 Å². The molecule has 0 N–H and O–H groups in total. The number of benzene rings is 3. The van der Waals surface area contributed by atoms with Gasteiger partial charge in [0.15, 0.2) is 11.5 Å². The average Bonchev–Trinajstić information content (AvgIpc) is 3.17. The summed E-state index contributed by atoms with van der Waals surface area (Å²) in [7, 11) is 3.31. The lowest BCUT2D eigenvalue weighted by atomic mass is 10.1. The van der Waals surface area contributed by atoms with Gasteiger partial charge in [0.2, 0.25) is 0 Å².